The van der Waals surface area contributed by atoms with Gasteiger partial charge in [0.05, 0.1) is 65.0 Å². The lowest BCUT2D eigenvalue weighted by molar-refractivity contribution is -0.287. The summed E-state index contributed by atoms with van der Waals surface area (Å²) in [7, 11) is 0. The molecule has 5 saturated carbocycles. The van der Waals surface area contributed by atoms with Crippen LogP contribution in [0, 0.1) is 86.8 Å². The molecule has 0 aromatic carbocycles. The van der Waals surface area contributed by atoms with Crippen molar-refractivity contribution in [2.75, 3.05) is 6.61 Å². The van der Waals surface area contributed by atoms with Gasteiger partial charge >= 0.3 is 0 Å². The molecule has 346 valence electrons. The predicted octanol–water partition coefficient (Wildman–Crippen LogP) is 8.32. The Bertz CT molecular complexity index is 2150. The highest BCUT2D eigenvalue weighted by atomic mass is 16.7. The molecule has 22 atom stereocenters. The first kappa shape index (κ1) is 41.7. The topological polar surface area (TPSA) is 123 Å². The van der Waals surface area contributed by atoms with Gasteiger partial charge in [-0.1, -0.05) is 53.2 Å². The van der Waals surface area contributed by atoms with E-state index in [-0.39, 0.29) is 63.3 Å². The molecule has 3 N–H and O–H groups in total. The molecule has 63 heavy (non-hydrogen) atoms. The maximum absolute atomic E-state index is 12.5. The van der Waals surface area contributed by atoms with Crippen LogP contribution in [0.3, 0.4) is 0 Å². The number of ether oxygens (including phenoxy) is 4. The van der Waals surface area contributed by atoms with Gasteiger partial charge in [-0.25, -0.2) is 0 Å². The molecular formula is C54H78N2O7. The molecular weight excluding hydrogens is 789 g/mol. The Kier molecular flexibility index (Phi) is 8.47. The highest BCUT2D eigenvalue weighted by molar-refractivity contribution is 5.38. The number of hydrogen-bond donors (Lipinski definition) is 3. The van der Waals surface area contributed by atoms with Crippen molar-refractivity contribution < 1.29 is 34.3 Å². The first-order valence-corrected chi connectivity index (χ1v) is 26.0. The molecule has 9 nitrogen and oxygen atoms in total. The third-order valence-electron chi connectivity index (χ3n) is 23.4. The van der Waals surface area contributed by atoms with Gasteiger partial charge in [-0.15, -0.1) is 0 Å². The lowest BCUT2D eigenvalue weighted by Gasteiger charge is -2.62. The fraction of sp³-hybridized carbons (Fsp3) is 0.889. The number of rotatable bonds is 0. The van der Waals surface area contributed by atoms with Crippen molar-refractivity contribution >= 4 is 0 Å². The molecule has 2 spiro atoms. The molecule has 9 heteroatoms. The van der Waals surface area contributed by atoms with Crippen molar-refractivity contribution in [3.63, 3.8) is 0 Å². The number of hydrogen-bond acceptors (Lipinski definition) is 9. The number of aliphatic hydroxyl groups excluding tert-OH is 2. The Morgan fingerprint density at radius 1 is 0.651 bits per heavy atom. The minimum absolute atomic E-state index is 0.0537. The van der Waals surface area contributed by atoms with Gasteiger partial charge in [-0.2, -0.15) is 0 Å². The van der Waals surface area contributed by atoms with Gasteiger partial charge in [-0.3, -0.25) is 9.97 Å². The third kappa shape index (κ3) is 5.21. The summed E-state index contributed by atoms with van der Waals surface area (Å²) in [6.45, 7) is 21.1. The second-order valence-electron chi connectivity index (χ2n) is 26.6. The number of nitrogens with zero attached hydrogens (tertiary/aromatic N) is 2. The molecule has 0 radical (unpaired) electrons. The normalized spacial score (nSPS) is 59.0. The minimum Gasteiger partial charge on any atom is -0.393 e. The summed E-state index contributed by atoms with van der Waals surface area (Å²) in [4.78, 5) is 11.3. The summed E-state index contributed by atoms with van der Waals surface area (Å²) >= 11 is 0. The van der Waals surface area contributed by atoms with Crippen LogP contribution < -0.4 is 0 Å². The van der Waals surface area contributed by atoms with Crippen LogP contribution in [0.2, 0.25) is 0 Å². The minimum atomic E-state index is -0.814. The van der Waals surface area contributed by atoms with Crippen LogP contribution in [0.1, 0.15) is 156 Å². The molecule has 4 saturated heterocycles. The second-order valence-corrected chi connectivity index (χ2v) is 26.6. The van der Waals surface area contributed by atoms with E-state index >= 15 is 0 Å². The molecule has 12 aliphatic rings. The molecule has 5 heterocycles. The van der Waals surface area contributed by atoms with Gasteiger partial charge in [0.25, 0.3) is 0 Å². The van der Waals surface area contributed by atoms with E-state index in [4.69, 9.17) is 28.9 Å². The number of aromatic nitrogens is 2. The third-order valence-corrected chi connectivity index (χ3v) is 23.4. The van der Waals surface area contributed by atoms with E-state index in [1.807, 2.05) is 6.92 Å². The van der Waals surface area contributed by atoms with Gasteiger partial charge in [0.1, 0.15) is 0 Å². The Labute approximate surface area is 376 Å². The van der Waals surface area contributed by atoms with Crippen molar-refractivity contribution in [2.45, 2.75) is 206 Å². The van der Waals surface area contributed by atoms with Crippen LogP contribution in [-0.4, -0.2) is 79.1 Å². The highest BCUT2D eigenvalue weighted by Gasteiger charge is 2.73. The second kappa shape index (κ2) is 12.8. The van der Waals surface area contributed by atoms with Gasteiger partial charge < -0.3 is 34.3 Å². The van der Waals surface area contributed by atoms with Gasteiger partial charge in [0.2, 0.25) is 0 Å². The van der Waals surface area contributed by atoms with E-state index in [0.717, 1.165) is 64.2 Å². The van der Waals surface area contributed by atoms with Crippen molar-refractivity contribution in [1.29, 1.82) is 0 Å². The van der Waals surface area contributed by atoms with E-state index in [1.165, 1.54) is 47.6 Å². The van der Waals surface area contributed by atoms with Crippen LogP contribution in [0.25, 0.3) is 0 Å². The number of fused-ring (bicyclic) bond motifs is 16. The van der Waals surface area contributed by atoms with Crippen molar-refractivity contribution in [1.82, 2.24) is 9.97 Å². The van der Waals surface area contributed by atoms with Crippen LogP contribution in [0.4, 0.5) is 0 Å². The Morgan fingerprint density at radius 2 is 1.29 bits per heavy atom. The zero-order valence-electron chi connectivity index (χ0n) is 39.9. The van der Waals surface area contributed by atoms with Gasteiger partial charge in [-0.05, 0) is 156 Å². The lowest BCUT2D eigenvalue weighted by Crippen LogP contribution is -2.60. The number of aliphatic hydroxyl groups is 3. The molecule has 1 unspecified atom stereocenters. The summed E-state index contributed by atoms with van der Waals surface area (Å²) in [6.07, 6.45) is 16.7. The lowest BCUT2D eigenvalue weighted by atomic mass is 9.44. The quantitative estimate of drug-likeness (QED) is 0.221. The first-order valence-electron chi connectivity index (χ1n) is 26.0. The predicted molar refractivity (Wildman–Crippen MR) is 237 cm³/mol. The van der Waals surface area contributed by atoms with Crippen LogP contribution in [0.15, 0.2) is 11.6 Å². The van der Waals surface area contributed by atoms with Crippen LogP contribution >= 0.6 is 0 Å². The maximum Gasteiger partial charge on any atom is 0.172 e. The highest BCUT2D eigenvalue weighted by Crippen LogP contribution is 2.73. The molecule has 9 fully saturated rings. The van der Waals surface area contributed by atoms with Crippen LogP contribution in [-0.2, 0) is 44.6 Å². The summed E-state index contributed by atoms with van der Waals surface area (Å²) < 4.78 is 27.1. The Hall–Kier alpha value is -1.46. The molecule has 1 aromatic rings. The summed E-state index contributed by atoms with van der Waals surface area (Å²) in [5.74, 6) is 3.25. The zero-order chi connectivity index (χ0) is 43.8. The Balaban J connectivity index is 0.751. The zero-order valence-corrected chi connectivity index (χ0v) is 39.9. The largest absolute Gasteiger partial charge is 0.393 e. The molecule has 13 rings (SSSR count). The first-order chi connectivity index (χ1) is 29.6. The van der Waals surface area contributed by atoms with E-state index in [9.17, 15) is 15.3 Å². The van der Waals surface area contributed by atoms with E-state index in [2.05, 4.69) is 61.5 Å². The van der Waals surface area contributed by atoms with E-state index < -0.39 is 23.3 Å². The average Bonchev–Trinajstić information content (AvgIpc) is 3.96. The monoisotopic (exact) mass is 867 g/mol. The molecule has 0 amide bonds. The summed E-state index contributed by atoms with van der Waals surface area (Å²) in [5.41, 5.74) is 5.15. The van der Waals surface area contributed by atoms with Gasteiger partial charge in [0, 0.05) is 47.3 Å². The molecule has 4 aliphatic heterocycles. The van der Waals surface area contributed by atoms with Crippen molar-refractivity contribution in [2.24, 2.45) is 86.8 Å². The SMILES string of the molecule is C[C@H]1[C@H]2[C@H](C[C@@H]3[C@@H]4CC[C@H]5Cc6nc7c(nc6C[C@]5(C)[C@H]4C[C@@H](O)[C@]23C)C[C@@H]2CC[C@H]3C4=CC5O[C@]6(CC[C@](C)(O)CO6)[C@@H](C)[C@@H]5[C@@]4(C)[C@H](O)C[C@@H]3[C@@]2(C)C7)O[C@@]12CCC(C)(C)O2. The van der Waals surface area contributed by atoms with E-state index in [0.29, 0.717) is 66.8 Å². The molecule has 0 bridgehead atoms. The van der Waals surface area contributed by atoms with Crippen molar-refractivity contribution in [3.8, 4) is 0 Å². The fourth-order valence-electron chi connectivity index (χ4n) is 19.9. The van der Waals surface area contributed by atoms with Crippen molar-refractivity contribution in [3.05, 3.63) is 34.4 Å². The Morgan fingerprint density at radius 3 is 1.94 bits per heavy atom. The average molecular weight is 867 g/mol. The summed E-state index contributed by atoms with van der Waals surface area (Å²) in [5, 5.41) is 35.6. The molecule has 1 aromatic heterocycles. The smallest absolute Gasteiger partial charge is 0.172 e. The van der Waals surface area contributed by atoms with E-state index in [1.54, 1.807) is 0 Å². The van der Waals surface area contributed by atoms with Gasteiger partial charge in [0.15, 0.2) is 11.6 Å². The standard InChI is InChI=1S/C54H78N2O7/c1-27-45-41(61-53(27)17-15-48(5,59)26-60-53)20-35-31-12-10-29-18-37-39(24-49(29,6)33(31)22-43(57)51(35,45)8)55-38-19-30-11-13-32-34(50(30,7)25-40(38)56-37)23-44(58)52(9)36(32)21-42-46(52)28(2)54(62-42)16-14-47(3,4)63-54/h20,27-34,36,41-46,57-59H,10-19,21-26H2,1-9H3/t27-,28-,29-,30-,31+,32+,33-,34-,36+,41?,42-,43+,44+,45-,46-,48-,49-,50-,51+,52+,53+,54+/m0/s1. The van der Waals surface area contributed by atoms with Crippen LogP contribution in [0.5, 0.6) is 0 Å². The molecule has 8 aliphatic carbocycles. The summed E-state index contributed by atoms with van der Waals surface area (Å²) in [6, 6.07) is 0. The maximum atomic E-state index is 12.5. The fourth-order valence-corrected chi connectivity index (χ4v) is 19.9.